The van der Waals surface area contributed by atoms with Crippen molar-refractivity contribution in [3.8, 4) is 0 Å². The summed E-state index contributed by atoms with van der Waals surface area (Å²) >= 11 is 0. The van der Waals surface area contributed by atoms with E-state index < -0.39 is 0 Å². The summed E-state index contributed by atoms with van der Waals surface area (Å²) < 4.78 is 5.21. The monoisotopic (exact) mass is 214 g/mol. The molecule has 0 saturated carbocycles. The van der Waals surface area contributed by atoms with E-state index in [-0.39, 0.29) is 17.9 Å². The van der Waals surface area contributed by atoms with Crippen molar-refractivity contribution in [3.05, 3.63) is 0 Å². The number of carbonyl (C=O) groups is 2. The van der Waals surface area contributed by atoms with E-state index in [4.69, 9.17) is 4.74 Å². The van der Waals surface area contributed by atoms with Crippen LogP contribution < -0.4 is 5.32 Å². The van der Waals surface area contributed by atoms with Crippen LogP contribution in [0.25, 0.3) is 0 Å². The third-order valence-electron chi connectivity index (χ3n) is 2.36. The predicted molar refractivity (Wildman–Crippen MR) is 55.3 cm³/mol. The molecule has 1 saturated heterocycles. The molecule has 0 aromatic heterocycles. The summed E-state index contributed by atoms with van der Waals surface area (Å²) in [7, 11) is 3.40. The Morgan fingerprint density at radius 2 is 2.20 bits per heavy atom. The zero-order chi connectivity index (χ0) is 11.3. The minimum atomic E-state index is -0.306. The van der Waals surface area contributed by atoms with E-state index in [0.717, 1.165) is 12.8 Å². The number of rotatable bonds is 4. The van der Waals surface area contributed by atoms with Crippen LogP contribution in [0.3, 0.4) is 0 Å². The van der Waals surface area contributed by atoms with Gasteiger partial charge in [-0.05, 0) is 12.8 Å². The molecular weight excluding hydrogens is 196 g/mol. The van der Waals surface area contributed by atoms with E-state index in [1.807, 2.05) is 0 Å². The maximum absolute atomic E-state index is 11.4. The summed E-state index contributed by atoms with van der Waals surface area (Å²) in [6.45, 7) is 1.05. The third kappa shape index (κ3) is 3.87. The number of hydrogen-bond acceptors (Lipinski definition) is 3. The quantitative estimate of drug-likeness (QED) is 0.702. The average Bonchev–Trinajstić information content (AvgIpc) is 2.70. The van der Waals surface area contributed by atoms with E-state index in [9.17, 15) is 9.59 Å². The van der Waals surface area contributed by atoms with Gasteiger partial charge in [0.25, 0.3) is 0 Å². The molecule has 0 aromatic carbocycles. The summed E-state index contributed by atoms with van der Waals surface area (Å²) in [4.78, 5) is 24.1. The van der Waals surface area contributed by atoms with E-state index in [1.54, 1.807) is 14.1 Å². The van der Waals surface area contributed by atoms with Crippen molar-refractivity contribution in [2.24, 2.45) is 0 Å². The number of amides is 2. The summed E-state index contributed by atoms with van der Waals surface area (Å²) in [6, 6.07) is 0. The molecule has 2 amide bonds. The van der Waals surface area contributed by atoms with E-state index in [1.165, 1.54) is 4.90 Å². The van der Waals surface area contributed by atoms with Gasteiger partial charge < -0.3 is 15.0 Å². The molecule has 1 rings (SSSR count). The molecule has 0 unspecified atom stereocenters. The highest BCUT2D eigenvalue weighted by molar-refractivity contribution is 5.82. The zero-order valence-corrected chi connectivity index (χ0v) is 9.28. The predicted octanol–water partition coefficient (Wildman–Crippen LogP) is -0.240. The molecule has 5 nitrogen and oxygen atoms in total. The van der Waals surface area contributed by atoms with Gasteiger partial charge in [0.2, 0.25) is 11.8 Å². The van der Waals surface area contributed by atoms with Gasteiger partial charge in [-0.2, -0.15) is 0 Å². The van der Waals surface area contributed by atoms with Gasteiger partial charge in [-0.25, -0.2) is 0 Å². The van der Waals surface area contributed by atoms with E-state index in [0.29, 0.717) is 19.6 Å². The number of nitrogens with zero attached hydrogens (tertiary/aromatic N) is 1. The number of carbonyl (C=O) groups excluding carboxylic acids is 2. The lowest BCUT2D eigenvalue weighted by Crippen LogP contribution is -2.36. The summed E-state index contributed by atoms with van der Waals surface area (Å²) in [5.74, 6) is -0.0818. The molecule has 1 heterocycles. The normalized spacial score (nSPS) is 20.0. The van der Waals surface area contributed by atoms with Crippen LogP contribution in [0.15, 0.2) is 0 Å². The first-order valence-corrected chi connectivity index (χ1v) is 5.20. The Morgan fingerprint density at radius 3 is 2.73 bits per heavy atom. The van der Waals surface area contributed by atoms with Crippen molar-refractivity contribution in [2.75, 3.05) is 27.2 Å². The first-order valence-electron chi connectivity index (χ1n) is 5.20. The van der Waals surface area contributed by atoms with Gasteiger partial charge >= 0.3 is 0 Å². The fraction of sp³-hybridized carbons (Fsp3) is 0.800. The molecule has 1 aliphatic heterocycles. The second kappa shape index (κ2) is 5.70. The standard InChI is InChI=1S/C10H18N2O3/c1-12(2)9(13)5-6-11-10(14)8-4-3-7-15-8/h8H,3-7H2,1-2H3,(H,11,14)/t8-/m0/s1. The molecule has 1 N–H and O–H groups in total. The topological polar surface area (TPSA) is 58.6 Å². The van der Waals surface area contributed by atoms with Crippen LogP contribution in [0.4, 0.5) is 0 Å². The van der Waals surface area contributed by atoms with Gasteiger partial charge in [0.15, 0.2) is 0 Å². The molecular formula is C10H18N2O3. The minimum absolute atomic E-state index is 0.0163. The second-order valence-electron chi connectivity index (χ2n) is 3.83. The SMILES string of the molecule is CN(C)C(=O)CCNC(=O)[C@@H]1CCCO1. The molecule has 1 fully saturated rings. The molecule has 0 aliphatic carbocycles. The number of ether oxygens (including phenoxy) is 1. The van der Waals surface area contributed by atoms with E-state index >= 15 is 0 Å². The van der Waals surface area contributed by atoms with Crippen LogP contribution in [-0.2, 0) is 14.3 Å². The summed E-state index contributed by atoms with van der Waals surface area (Å²) in [5, 5.41) is 2.70. The zero-order valence-electron chi connectivity index (χ0n) is 9.28. The van der Waals surface area contributed by atoms with Crippen molar-refractivity contribution < 1.29 is 14.3 Å². The molecule has 0 radical (unpaired) electrons. The second-order valence-corrected chi connectivity index (χ2v) is 3.83. The highest BCUT2D eigenvalue weighted by Gasteiger charge is 2.23. The fourth-order valence-electron chi connectivity index (χ4n) is 1.41. The molecule has 0 aromatic rings. The van der Waals surface area contributed by atoms with Gasteiger partial charge in [0.1, 0.15) is 6.10 Å². The lowest BCUT2D eigenvalue weighted by atomic mass is 10.2. The maximum atomic E-state index is 11.4. The molecule has 0 spiro atoms. The van der Waals surface area contributed by atoms with Crippen LogP contribution in [0.1, 0.15) is 19.3 Å². The lowest BCUT2D eigenvalue weighted by Gasteiger charge is -2.12. The largest absolute Gasteiger partial charge is 0.368 e. The van der Waals surface area contributed by atoms with Gasteiger partial charge in [-0.15, -0.1) is 0 Å². The molecule has 5 heteroatoms. The Labute approximate surface area is 89.8 Å². The summed E-state index contributed by atoms with van der Waals surface area (Å²) in [5.41, 5.74) is 0. The fourth-order valence-corrected chi connectivity index (χ4v) is 1.41. The Balaban J connectivity index is 2.14. The van der Waals surface area contributed by atoms with Crippen molar-refractivity contribution in [1.82, 2.24) is 10.2 Å². The van der Waals surface area contributed by atoms with Crippen molar-refractivity contribution >= 4 is 11.8 Å². The molecule has 15 heavy (non-hydrogen) atoms. The number of hydrogen-bond donors (Lipinski definition) is 1. The van der Waals surface area contributed by atoms with Crippen molar-refractivity contribution in [1.29, 1.82) is 0 Å². The molecule has 1 aliphatic rings. The molecule has 1 atom stereocenters. The van der Waals surface area contributed by atoms with Crippen LogP contribution in [0.2, 0.25) is 0 Å². The smallest absolute Gasteiger partial charge is 0.249 e. The van der Waals surface area contributed by atoms with Gasteiger partial charge in [-0.3, -0.25) is 9.59 Å². The Hall–Kier alpha value is -1.10. The molecule has 0 bridgehead atoms. The first kappa shape index (κ1) is 12.0. The Bertz CT molecular complexity index is 235. The Morgan fingerprint density at radius 1 is 1.47 bits per heavy atom. The van der Waals surface area contributed by atoms with Crippen LogP contribution in [0, 0.1) is 0 Å². The first-order chi connectivity index (χ1) is 7.11. The van der Waals surface area contributed by atoms with Crippen molar-refractivity contribution in [3.63, 3.8) is 0 Å². The summed E-state index contributed by atoms with van der Waals surface area (Å²) in [6.07, 6.45) is 1.76. The number of nitrogens with one attached hydrogen (secondary N) is 1. The van der Waals surface area contributed by atoms with Crippen molar-refractivity contribution in [2.45, 2.75) is 25.4 Å². The van der Waals surface area contributed by atoms with Gasteiger partial charge in [0.05, 0.1) is 0 Å². The average molecular weight is 214 g/mol. The van der Waals surface area contributed by atoms with E-state index in [2.05, 4.69) is 5.32 Å². The highest BCUT2D eigenvalue weighted by Crippen LogP contribution is 2.11. The third-order valence-corrected chi connectivity index (χ3v) is 2.36. The highest BCUT2D eigenvalue weighted by atomic mass is 16.5. The van der Waals surface area contributed by atoms with Crippen LogP contribution in [-0.4, -0.2) is 50.1 Å². The molecule has 86 valence electrons. The van der Waals surface area contributed by atoms with Crippen LogP contribution in [0.5, 0.6) is 0 Å². The maximum Gasteiger partial charge on any atom is 0.249 e. The van der Waals surface area contributed by atoms with Crippen LogP contribution >= 0.6 is 0 Å². The minimum Gasteiger partial charge on any atom is -0.368 e. The lowest BCUT2D eigenvalue weighted by molar-refractivity contribution is -0.131. The van der Waals surface area contributed by atoms with Gasteiger partial charge in [0, 0.05) is 33.7 Å². The Kier molecular flexibility index (Phi) is 4.55. The van der Waals surface area contributed by atoms with Gasteiger partial charge in [-0.1, -0.05) is 0 Å².